The molecule has 0 bridgehead atoms. The number of carbonyl (C=O) groups excluding carboxylic acids is 1. The molecule has 0 saturated heterocycles. The Balaban J connectivity index is 2.96. The summed E-state index contributed by atoms with van der Waals surface area (Å²) in [5, 5.41) is 3.99. The molecule has 0 N–H and O–H groups in total. The molecule has 0 amide bonds. The molecular formula is C7H9BrN2O2. The third-order valence-electron chi connectivity index (χ3n) is 1.42. The Morgan fingerprint density at radius 3 is 2.92 bits per heavy atom. The van der Waals surface area contributed by atoms with Crippen LogP contribution in [0.4, 0.5) is 0 Å². The average molecular weight is 233 g/mol. The van der Waals surface area contributed by atoms with Gasteiger partial charge in [0, 0.05) is 12.6 Å². The van der Waals surface area contributed by atoms with E-state index in [4.69, 9.17) is 0 Å². The summed E-state index contributed by atoms with van der Waals surface area (Å²) in [6.45, 7) is 2.66. The van der Waals surface area contributed by atoms with Crippen LogP contribution in [0.2, 0.25) is 0 Å². The van der Waals surface area contributed by atoms with Gasteiger partial charge in [-0.2, -0.15) is 5.10 Å². The van der Waals surface area contributed by atoms with Crippen molar-refractivity contribution in [3.8, 4) is 0 Å². The summed E-state index contributed by atoms with van der Waals surface area (Å²) in [6.07, 6.45) is 0. The average Bonchev–Trinajstić information content (AvgIpc) is 2.45. The van der Waals surface area contributed by atoms with E-state index < -0.39 is 5.97 Å². The summed E-state index contributed by atoms with van der Waals surface area (Å²) in [5.74, 6) is -0.414. The van der Waals surface area contributed by atoms with Gasteiger partial charge in [-0.05, 0) is 22.9 Å². The van der Waals surface area contributed by atoms with Crippen molar-refractivity contribution < 1.29 is 9.53 Å². The maximum atomic E-state index is 11.0. The number of nitrogens with zero attached hydrogens (tertiary/aromatic N) is 2. The molecule has 1 aromatic heterocycles. The first kappa shape index (κ1) is 9.25. The molecule has 0 saturated carbocycles. The number of ether oxygens (including phenoxy) is 1. The first-order valence-electron chi connectivity index (χ1n) is 3.50. The van der Waals surface area contributed by atoms with Crippen molar-refractivity contribution in [1.82, 2.24) is 9.78 Å². The van der Waals surface area contributed by atoms with Crippen LogP contribution in [-0.4, -0.2) is 22.9 Å². The fourth-order valence-corrected chi connectivity index (χ4v) is 1.37. The van der Waals surface area contributed by atoms with Crippen LogP contribution >= 0.6 is 15.9 Å². The van der Waals surface area contributed by atoms with E-state index in [0.29, 0.717) is 5.69 Å². The van der Waals surface area contributed by atoms with E-state index in [0.717, 1.165) is 11.1 Å². The van der Waals surface area contributed by atoms with Crippen molar-refractivity contribution in [3.63, 3.8) is 0 Å². The van der Waals surface area contributed by atoms with Gasteiger partial charge in [0.05, 0.1) is 7.11 Å². The van der Waals surface area contributed by atoms with Gasteiger partial charge in [-0.25, -0.2) is 4.79 Å². The van der Waals surface area contributed by atoms with Crippen LogP contribution in [0.5, 0.6) is 0 Å². The van der Waals surface area contributed by atoms with Crippen molar-refractivity contribution in [3.05, 3.63) is 16.4 Å². The Morgan fingerprint density at radius 2 is 2.50 bits per heavy atom. The minimum absolute atomic E-state index is 0.325. The summed E-state index contributed by atoms with van der Waals surface area (Å²) in [6, 6.07) is 1.63. The van der Waals surface area contributed by atoms with E-state index in [1.807, 2.05) is 6.92 Å². The molecule has 12 heavy (non-hydrogen) atoms. The summed E-state index contributed by atoms with van der Waals surface area (Å²) < 4.78 is 6.97. The van der Waals surface area contributed by atoms with Gasteiger partial charge in [0.25, 0.3) is 0 Å². The molecule has 1 rings (SSSR count). The minimum Gasteiger partial charge on any atom is -0.464 e. The number of methoxy groups -OCH3 is 1. The number of carbonyl (C=O) groups is 1. The minimum atomic E-state index is -0.414. The predicted octanol–water partition coefficient (Wildman–Crippen LogP) is 1.45. The second-order valence-electron chi connectivity index (χ2n) is 2.16. The zero-order chi connectivity index (χ0) is 9.14. The number of halogens is 1. The van der Waals surface area contributed by atoms with Gasteiger partial charge >= 0.3 is 5.97 Å². The van der Waals surface area contributed by atoms with Crippen molar-refractivity contribution in [2.24, 2.45) is 0 Å². The lowest BCUT2D eigenvalue weighted by Crippen LogP contribution is -2.04. The fraction of sp³-hybridized carbons (Fsp3) is 0.429. The summed E-state index contributed by atoms with van der Waals surface area (Å²) >= 11 is 3.27. The smallest absolute Gasteiger partial charge is 0.358 e. The highest BCUT2D eigenvalue weighted by atomic mass is 79.9. The summed E-state index contributed by atoms with van der Waals surface area (Å²) in [5.41, 5.74) is 0.325. The third kappa shape index (κ3) is 1.66. The highest BCUT2D eigenvalue weighted by molar-refractivity contribution is 9.10. The second-order valence-corrected chi connectivity index (χ2v) is 2.97. The SMILES string of the molecule is CCn1nc(C(=O)OC)cc1Br. The van der Waals surface area contributed by atoms with Crippen molar-refractivity contribution in [2.45, 2.75) is 13.5 Å². The van der Waals surface area contributed by atoms with Crippen LogP contribution in [0.1, 0.15) is 17.4 Å². The predicted molar refractivity (Wildman–Crippen MR) is 46.9 cm³/mol. The van der Waals surface area contributed by atoms with Crippen LogP contribution in [0.25, 0.3) is 0 Å². The monoisotopic (exact) mass is 232 g/mol. The normalized spacial score (nSPS) is 9.92. The summed E-state index contributed by atoms with van der Waals surface area (Å²) in [7, 11) is 1.33. The number of hydrogen-bond donors (Lipinski definition) is 0. The molecule has 0 aliphatic rings. The van der Waals surface area contributed by atoms with Crippen LogP contribution in [0, 0.1) is 0 Å². The molecule has 0 spiro atoms. The van der Waals surface area contributed by atoms with E-state index in [2.05, 4.69) is 25.8 Å². The van der Waals surface area contributed by atoms with Gasteiger partial charge in [0.15, 0.2) is 5.69 Å². The van der Waals surface area contributed by atoms with Crippen molar-refractivity contribution >= 4 is 21.9 Å². The fourth-order valence-electron chi connectivity index (χ4n) is 0.820. The lowest BCUT2D eigenvalue weighted by atomic mass is 10.4. The van der Waals surface area contributed by atoms with Gasteiger partial charge in [-0.1, -0.05) is 0 Å². The van der Waals surface area contributed by atoms with Crippen molar-refractivity contribution in [1.29, 1.82) is 0 Å². The van der Waals surface area contributed by atoms with Gasteiger partial charge in [-0.15, -0.1) is 0 Å². The van der Waals surface area contributed by atoms with E-state index in [1.165, 1.54) is 7.11 Å². The maximum absolute atomic E-state index is 11.0. The molecule has 0 atom stereocenters. The van der Waals surface area contributed by atoms with E-state index in [1.54, 1.807) is 10.7 Å². The Hall–Kier alpha value is -0.840. The highest BCUT2D eigenvalue weighted by Crippen LogP contribution is 2.12. The number of esters is 1. The Morgan fingerprint density at radius 1 is 1.83 bits per heavy atom. The maximum Gasteiger partial charge on any atom is 0.358 e. The molecule has 1 aromatic rings. The zero-order valence-corrected chi connectivity index (χ0v) is 8.46. The summed E-state index contributed by atoms with van der Waals surface area (Å²) in [4.78, 5) is 11.0. The van der Waals surface area contributed by atoms with Gasteiger partial charge in [0.1, 0.15) is 4.60 Å². The Kier molecular flexibility index (Phi) is 2.86. The van der Waals surface area contributed by atoms with Gasteiger partial charge in [0.2, 0.25) is 0 Å². The molecule has 0 aromatic carbocycles. The first-order valence-corrected chi connectivity index (χ1v) is 4.30. The molecule has 0 radical (unpaired) electrons. The lowest BCUT2D eigenvalue weighted by Gasteiger charge is -1.94. The number of aryl methyl sites for hydroxylation is 1. The second kappa shape index (κ2) is 3.71. The van der Waals surface area contributed by atoms with Gasteiger partial charge in [-0.3, -0.25) is 4.68 Å². The van der Waals surface area contributed by atoms with Crippen LogP contribution in [0.15, 0.2) is 10.7 Å². The number of rotatable bonds is 2. The first-order chi connectivity index (χ1) is 5.69. The quantitative estimate of drug-likeness (QED) is 0.726. The Bertz CT molecular complexity index is 296. The number of hydrogen-bond acceptors (Lipinski definition) is 3. The van der Waals surface area contributed by atoms with Crippen LogP contribution < -0.4 is 0 Å². The molecule has 66 valence electrons. The van der Waals surface area contributed by atoms with E-state index in [9.17, 15) is 4.79 Å². The molecule has 1 heterocycles. The highest BCUT2D eigenvalue weighted by Gasteiger charge is 2.11. The topological polar surface area (TPSA) is 44.1 Å². The molecule has 0 aliphatic heterocycles. The molecule has 4 nitrogen and oxygen atoms in total. The Labute approximate surface area is 78.6 Å². The molecule has 0 unspecified atom stereocenters. The van der Waals surface area contributed by atoms with Gasteiger partial charge < -0.3 is 4.74 Å². The lowest BCUT2D eigenvalue weighted by molar-refractivity contribution is 0.0593. The molecular weight excluding hydrogens is 224 g/mol. The largest absolute Gasteiger partial charge is 0.464 e. The van der Waals surface area contributed by atoms with Crippen LogP contribution in [0.3, 0.4) is 0 Å². The molecule has 5 heteroatoms. The van der Waals surface area contributed by atoms with E-state index >= 15 is 0 Å². The van der Waals surface area contributed by atoms with E-state index in [-0.39, 0.29) is 0 Å². The standard InChI is InChI=1S/C7H9BrN2O2/c1-3-10-6(8)4-5(9-10)7(11)12-2/h4H,3H2,1-2H3. The van der Waals surface area contributed by atoms with Crippen LogP contribution in [-0.2, 0) is 11.3 Å². The van der Waals surface area contributed by atoms with Crippen molar-refractivity contribution in [2.75, 3.05) is 7.11 Å². The third-order valence-corrected chi connectivity index (χ3v) is 2.06. The molecule has 0 aliphatic carbocycles. The number of aromatic nitrogens is 2. The zero-order valence-electron chi connectivity index (χ0n) is 6.87. The molecule has 0 fully saturated rings.